The van der Waals surface area contributed by atoms with Crippen LogP contribution < -0.4 is 14.4 Å². The van der Waals surface area contributed by atoms with Gasteiger partial charge in [0.25, 0.3) is 0 Å². The largest absolute Gasteiger partial charge is 0.435 e. The second kappa shape index (κ2) is 13.4. The van der Waals surface area contributed by atoms with Crippen LogP contribution in [-0.2, 0) is 29.1 Å². The maximum absolute atomic E-state index is 7.18. The number of hydrogen-bond acceptors (Lipinski definition) is 2. The van der Waals surface area contributed by atoms with Crippen LogP contribution in [0.4, 0.5) is 0 Å². The van der Waals surface area contributed by atoms with Crippen LogP contribution in [0.5, 0.6) is 11.5 Å². The summed E-state index contributed by atoms with van der Waals surface area (Å²) in [5, 5.41) is 1.17. The zero-order chi connectivity index (χ0) is 31.6. The van der Waals surface area contributed by atoms with Gasteiger partial charge >= 0.3 is 8.38 Å². The molecular weight excluding hydrogens is 543 g/mol. The maximum atomic E-state index is 7.18. The lowest BCUT2D eigenvalue weighted by atomic mass is 9.78. The Kier molecular flexibility index (Phi) is 10.4. The summed E-state index contributed by atoms with van der Waals surface area (Å²) in [5.41, 5.74) is 9.28. The summed E-state index contributed by atoms with van der Waals surface area (Å²) in [4.78, 5) is 0. The molecular formula is C40H57O2P. The van der Waals surface area contributed by atoms with Crippen LogP contribution in [0.25, 0.3) is 11.1 Å². The lowest BCUT2D eigenvalue weighted by molar-refractivity contribution is 0.447. The average molecular weight is 601 g/mol. The van der Waals surface area contributed by atoms with E-state index in [0.717, 1.165) is 37.2 Å². The van der Waals surface area contributed by atoms with E-state index in [4.69, 9.17) is 9.05 Å². The highest BCUT2D eigenvalue weighted by Gasteiger charge is 2.36. The summed E-state index contributed by atoms with van der Waals surface area (Å²) in [6, 6.07) is 18.4. The third-order valence-corrected chi connectivity index (χ3v) is 10.5. The molecule has 0 bridgehead atoms. The molecule has 4 rings (SSSR count). The van der Waals surface area contributed by atoms with E-state index >= 15 is 0 Å². The molecule has 0 aliphatic carbocycles. The first-order chi connectivity index (χ1) is 20.2. The van der Waals surface area contributed by atoms with E-state index in [2.05, 4.69) is 125 Å². The van der Waals surface area contributed by atoms with E-state index in [0.29, 0.717) is 0 Å². The van der Waals surface area contributed by atoms with Crippen molar-refractivity contribution in [1.82, 2.24) is 0 Å². The first kappa shape index (κ1) is 33.6. The van der Waals surface area contributed by atoms with Gasteiger partial charge in [-0.05, 0) is 75.5 Å². The number of unbranched alkanes of at least 4 members (excludes halogenated alkanes) is 2. The van der Waals surface area contributed by atoms with Gasteiger partial charge < -0.3 is 9.05 Å². The highest BCUT2D eigenvalue weighted by Crippen LogP contribution is 2.55. The van der Waals surface area contributed by atoms with E-state index in [1.54, 1.807) is 0 Å². The Hall–Kier alpha value is -2.31. The van der Waals surface area contributed by atoms with Gasteiger partial charge in [-0.1, -0.05) is 145 Å². The van der Waals surface area contributed by atoms with Crippen molar-refractivity contribution in [2.24, 2.45) is 0 Å². The van der Waals surface area contributed by atoms with Gasteiger partial charge in [0.15, 0.2) is 0 Å². The maximum Gasteiger partial charge on any atom is 0.326 e. The van der Waals surface area contributed by atoms with Crippen molar-refractivity contribution in [3.05, 3.63) is 76.3 Å². The fourth-order valence-electron chi connectivity index (χ4n) is 6.19. The lowest BCUT2D eigenvalue weighted by Gasteiger charge is -2.35. The van der Waals surface area contributed by atoms with Gasteiger partial charge in [-0.15, -0.1) is 0 Å². The van der Waals surface area contributed by atoms with Crippen LogP contribution in [0, 0.1) is 0 Å². The fourth-order valence-corrected chi connectivity index (χ4v) is 7.79. The zero-order valence-electron chi connectivity index (χ0n) is 29.0. The molecule has 1 aliphatic rings. The molecule has 0 N–H and O–H groups in total. The van der Waals surface area contributed by atoms with Crippen molar-refractivity contribution in [3.63, 3.8) is 0 Å². The Morgan fingerprint density at radius 1 is 0.674 bits per heavy atom. The molecule has 3 heteroatoms. The summed E-state index contributed by atoms with van der Waals surface area (Å²) in [6.45, 7) is 25.5. The number of rotatable bonds is 11. The second-order valence-corrected chi connectivity index (χ2v) is 16.7. The molecule has 43 heavy (non-hydrogen) atoms. The SMILES string of the molecule is CCCCCC(C)(C)c1cc(CCC)c(OP2Oc3c(cc(C(C)(C)C)cc3C(C)(C)C)-c3ccccc32)c(CCC)c1. The molecule has 0 saturated heterocycles. The average Bonchev–Trinajstić information content (AvgIpc) is 2.93. The minimum absolute atomic E-state index is 0.0405. The van der Waals surface area contributed by atoms with E-state index < -0.39 is 8.38 Å². The smallest absolute Gasteiger partial charge is 0.326 e. The second-order valence-electron chi connectivity index (χ2n) is 15.3. The molecule has 0 radical (unpaired) electrons. The van der Waals surface area contributed by atoms with Crippen molar-refractivity contribution in [3.8, 4) is 22.6 Å². The number of fused-ring (bicyclic) bond motifs is 3. The summed E-state index contributed by atoms with van der Waals surface area (Å²) >= 11 is 0. The van der Waals surface area contributed by atoms with Crippen LogP contribution >= 0.6 is 8.38 Å². The van der Waals surface area contributed by atoms with E-state index in [1.165, 1.54) is 69.9 Å². The van der Waals surface area contributed by atoms with Gasteiger partial charge in [0.2, 0.25) is 0 Å². The van der Waals surface area contributed by atoms with Gasteiger partial charge in [-0.2, -0.15) is 0 Å². The van der Waals surface area contributed by atoms with Crippen LogP contribution in [0.1, 0.15) is 143 Å². The topological polar surface area (TPSA) is 18.5 Å². The van der Waals surface area contributed by atoms with Gasteiger partial charge in [-0.25, -0.2) is 0 Å². The van der Waals surface area contributed by atoms with E-state index in [9.17, 15) is 0 Å². The molecule has 1 unspecified atom stereocenters. The monoisotopic (exact) mass is 600 g/mol. The molecule has 0 fully saturated rings. The molecule has 1 heterocycles. The van der Waals surface area contributed by atoms with Crippen LogP contribution in [0.3, 0.4) is 0 Å². The summed E-state index contributed by atoms with van der Waals surface area (Å²) in [7, 11) is -1.35. The third kappa shape index (κ3) is 7.50. The molecule has 0 saturated carbocycles. The Morgan fingerprint density at radius 3 is 1.86 bits per heavy atom. The lowest BCUT2D eigenvalue weighted by Crippen LogP contribution is -2.23. The quantitative estimate of drug-likeness (QED) is 0.161. The standard InChI is InChI=1S/C40H57O2P/c1-12-15-18-23-40(10,11)31-24-28(19-13-2)36(29(25-31)20-14-3)41-43-35-22-17-16-21-32(35)33-26-30(38(4,5)6)27-34(37(33)42-43)39(7,8)9/h16-17,21-22,24-27H,12-15,18-20,23H2,1-11H3. The summed E-state index contributed by atoms with van der Waals surface area (Å²) in [5.74, 6) is 2.05. The normalized spacial score (nSPS) is 15.1. The molecule has 1 atom stereocenters. The fraction of sp³-hybridized carbons (Fsp3) is 0.550. The van der Waals surface area contributed by atoms with Gasteiger partial charge in [0.1, 0.15) is 11.5 Å². The van der Waals surface area contributed by atoms with Crippen molar-refractivity contribution >= 4 is 13.7 Å². The van der Waals surface area contributed by atoms with Crippen LogP contribution in [0.2, 0.25) is 0 Å². The van der Waals surface area contributed by atoms with Crippen molar-refractivity contribution in [2.45, 2.75) is 144 Å². The van der Waals surface area contributed by atoms with E-state index in [1.807, 2.05) is 0 Å². The van der Waals surface area contributed by atoms with Crippen LogP contribution in [0.15, 0.2) is 48.5 Å². The minimum atomic E-state index is -1.35. The molecule has 1 aliphatic heterocycles. The molecule has 2 nitrogen and oxygen atoms in total. The first-order valence-electron chi connectivity index (χ1n) is 16.8. The van der Waals surface area contributed by atoms with E-state index in [-0.39, 0.29) is 16.2 Å². The van der Waals surface area contributed by atoms with Crippen molar-refractivity contribution < 1.29 is 9.05 Å². The van der Waals surface area contributed by atoms with Crippen LogP contribution in [-0.4, -0.2) is 0 Å². The van der Waals surface area contributed by atoms with Crippen molar-refractivity contribution in [2.75, 3.05) is 0 Å². The molecule has 0 spiro atoms. The van der Waals surface area contributed by atoms with Gasteiger partial charge in [0.05, 0.1) is 5.30 Å². The summed E-state index contributed by atoms with van der Waals surface area (Å²) < 4.78 is 14.2. The highest BCUT2D eigenvalue weighted by molar-refractivity contribution is 7.57. The summed E-state index contributed by atoms with van der Waals surface area (Å²) in [6.07, 6.45) is 9.23. The minimum Gasteiger partial charge on any atom is -0.435 e. The Bertz CT molecular complexity index is 1380. The van der Waals surface area contributed by atoms with Crippen molar-refractivity contribution in [1.29, 1.82) is 0 Å². The zero-order valence-corrected chi connectivity index (χ0v) is 29.9. The molecule has 0 aromatic heterocycles. The number of hydrogen-bond donors (Lipinski definition) is 0. The van der Waals surface area contributed by atoms with Gasteiger partial charge in [0, 0.05) is 11.1 Å². The predicted molar refractivity (Wildman–Crippen MR) is 189 cm³/mol. The Balaban J connectivity index is 1.85. The molecule has 3 aromatic rings. The number of aryl methyl sites for hydroxylation is 2. The third-order valence-electron chi connectivity index (χ3n) is 8.97. The van der Waals surface area contributed by atoms with Gasteiger partial charge in [-0.3, -0.25) is 0 Å². The molecule has 0 amide bonds. The molecule has 3 aromatic carbocycles. The molecule has 234 valence electrons. The Labute approximate surface area is 264 Å². The number of benzene rings is 3. The Morgan fingerprint density at radius 2 is 1.30 bits per heavy atom. The predicted octanol–water partition coefficient (Wildman–Crippen LogP) is 12.1. The first-order valence-corrected chi connectivity index (χ1v) is 18.0. The highest BCUT2D eigenvalue weighted by atomic mass is 31.2.